The maximum absolute atomic E-state index is 13.5. The Balaban J connectivity index is 1.29. The van der Waals surface area contributed by atoms with Gasteiger partial charge in [0.15, 0.2) is 0 Å². The first-order chi connectivity index (χ1) is 18.4. The monoisotopic (exact) mass is 513 g/mol. The maximum Gasteiger partial charge on any atom is 0.274 e. The highest BCUT2D eigenvalue weighted by atomic mass is 16.5. The molecule has 1 atom stereocenters. The van der Waals surface area contributed by atoms with Gasteiger partial charge in [-0.25, -0.2) is 4.98 Å². The van der Waals surface area contributed by atoms with Crippen molar-refractivity contribution in [3.05, 3.63) is 70.4 Å². The van der Waals surface area contributed by atoms with Gasteiger partial charge in [-0.05, 0) is 68.4 Å². The van der Waals surface area contributed by atoms with Crippen molar-refractivity contribution in [1.29, 1.82) is 0 Å². The normalized spacial score (nSPS) is 17.5. The van der Waals surface area contributed by atoms with Gasteiger partial charge in [-0.1, -0.05) is 0 Å². The van der Waals surface area contributed by atoms with E-state index in [1.807, 2.05) is 46.6 Å². The molecule has 4 aromatic rings. The van der Waals surface area contributed by atoms with Crippen LogP contribution >= 0.6 is 0 Å². The minimum absolute atomic E-state index is 0.0486. The highest BCUT2D eigenvalue weighted by Gasteiger charge is 2.27. The molecule has 1 N–H and O–H groups in total. The SMILES string of the molecule is CC(=O)Cc1cc(Oc2ccc3nc(Nc4cc(C5CC5)cn([C@@H]5CCCOC5)c4=O)n(C)c3c2)ccn1. The van der Waals surface area contributed by atoms with Gasteiger partial charge in [0.1, 0.15) is 23.0 Å². The second-order valence-electron chi connectivity index (χ2n) is 10.3. The van der Waals surface area contributed by atoms with Gasteiger partial charge in [0.05, 0.1) is 29.4 Å². The summed E-state index contributed by atoms with van der Waals surface area (Å²) >= 11 is 0. The van der Waals surface area contributed by atoms with Crippen molar-refractivity contribution in [2.24, 2.45) is 7.05 Å². The first-order valence-electron chi connectivity index (χ1n) is 13.1. The van der Waals surface area contributed by atoms with E-state index >= 15 is 0 Å². The predicted molar refractivity (Wildman–Crippen MR) is 144 cm³/mol. The lowest BCUT2D eigenvalue weighted by Gasteiger charge is -2.25. The zero-order chi connectivity index (χ0) is 26.2. The molecule has 0 bridgehead atoms. The third kappa shape index (κ3) is 5.06. The summed E-state index contributed by atoms with van der Waals surface area (Å²) in [5.41, 5.74) is 3.98. The Morgan fingerprint density at radius 2 is 2.00 bits per heavy atom. The fourth-order valence-corrected chi connectivity index (χ4v) is 5.04. The Kier molecular flexibility index (Phi) is 6.45. The van der Waals surface area contributed by atoms with Crippen LogP contribution in [0.4, 0.5) is 11.6 Å². The van der Waals surface area contributed by atoms with E-state index in [0.29, 0.717) is 41.4 Å². The molecule has 2 aliphatic rings. The standard InChI is InChI=1S/C29H31N5O4/c1-18(35)12-21-14-24(9-10-30-21)38-23-7-8-25-27(15-23)33(2)29(31-25)32-26-13-20(19-5-6-19)16-34(28(26)36)22-4-3-11-37-17-22/h7-10,13-16,19,22H,3-6,11-12,17H2,1-2H3,(H,31,32)/t22-/m1/s1. The molecule has 0 unspecified atom stereocenters. The molecular formula is C29H31N5O4. The molecule has 9 heteroatoms. The summed E-state index contributed by atoms with van der Waals surface area (Å²) in [7, 11) is 1.91. The largest absolute Gasteiger partial charge is 0.457 e. The number of nitrogens with one attached hydrogen (secondary N) is 1. The molecule has 38 heavy (non-hydrogen) atoms. The third-order valence-electron chi connectivity index (χ3n) is 7.20. The van der Waals surface area contributed by atoms with E-state index in [1.165, 1.54) is 5.56 Å². The second-order valence-corrected chi connectivity index (χ2v) is 10.3. The maximum atomic E-state index is 13.5. The number of ether oxygens (including phenoxy) is 2. The first kappa shape index (κ1) is 24.4. The summed E-state index contributed by atoms with van der Waals surface area (Å²) in [5.74, 6) is 2.40. The molecule has 3 aromatic heterocycles. The van der Waals surface area contributed by atoms with Gasteiger partial charge < -0.3 is 23.9 Å². The average molecular weight is 514 g/mol. The first-order valence-corrected chi connectivity index (χ1v) is 13.1. The molecule has 0 amide bonds. The predicted octanol–water partition coefficient (Wildman–Crippen LogP) is 5.03. The number of pyridine rings is 2. The van der Waals surface area contributed by atoms with Gasteiger partial charge in [-0.15, -0.1) is 0 Å². The molecule has 0 spiro atoms. The number of aromatic nitrogens is 4. The van der Waals surface area contributed by atoms with Crippen LogP contribution in [0.25, 0.3) is 11.0 Å². The van der Waals surface area contributed by atoms with E-state index in [-0.39, 0.29) is 23.8 Å². The molecule has 4 heterocycles. The summed E-state index contributed by atoms with van der Waals surface area (Å²) in [4.78, 5) is 33.9. The number of Topliss-reactive ketones (excluding diaryl/α,β-unsaturated/α-hetero) is 1. The van der Waals surface area contributed by atoms with E-state index in [1.54, 1.807) is 25.3 Å². The molecule has 6 rings (SSSR count). The lowest BCUT2D eigenvalue weighted by Crippen LogP contribution is -2.31. The van der Waals surface area contributed by atoms with E-state index in [2.05, 4.69) is 10.3 Å². The number of imidazole rings is 1. The Bertz CT molecular complexity index is 1560. The summed E-state index contributed by atoms with van der Waals surface area (Å²) in [6, 6.07) is 11.2. The number of nitrogens with zero attached hydrogens (tertiary/aromatic N) is 4. The molecule has 2 fully saturated rings. The van der Waals surface area contributed by atoms with Crippen molar-refractivity contribution in [1.82, 2.24) is 19.1 Å². The average Bonchev–Trinajstić information content (AvgIpc) is 3.71. The number of hydrogen-bond acceptors (Lipinski definition) is 7. The number of ketones is 1. The van der Waals surface area contributed by atoms with Crippen molar-refractivity contribution in [2.75, 3.05) is 18.5 Å². The van der Waals surface area contributed by atoms with Crippen molar-refractivity contribution >= 4 is 28.5 Å². The summed E-state index contributed by atoms with van der Waals surface area (Å²) in [6.45, 7) is 2.86. The van der Waals surface area contributed by atoms with Gasteiger partial charge in [0.25, 0.3) is 5.56 Å². The Hall–Kier alpha value is -3.98. The quantitative estimate of drug-likeness (QED) is 0.353. The van der Waals surface area contributed by atoms with Crippen LogP contribution in [0, 0.1) is 0 Å². The van der Waals surface area contributed by atoms with Crippen molar-refractivity contribution in [3.8, 4) is 11.5 Å². The highest BCUT2D eigenvalue weighted by Crippen LogP contribution is 2.41. The van der Waals surface area contributed by atoms with Crippen LogP contribution in [-0.4, -0.2) is 38.1 Å². The van der Waals surface area contributed by atoms with Crippen molar-refractivity contribution in [3.63, 3.8) is 0 Å². The molecule has 1 aliphatic heterocycles. The Labute approximate surface area is 220 Å². The topological polar surface area (TPSA) is 100 Å². The smallest absolute Gasteiger partial charge is 0.274 e. The zero-order valence-electron chi connectivity index (χ0n) is 21.6. The van der Waals surface area contributed by atoms with E-state index in [4.69, 9.17) is 14.5 Å². The van der Waals surface area contributed by atoms with Crippen LogP contribution in [-0.2, 0) is 23.0 Å². The van der Waals surface area contributed by atoms with Gasteiger partial charge >= 0.3 is 0 Å². The van der Waals surface area contributed by atoms with Crippen LogP contribution in [0.1, 0.15) is 55.8 Å². The van der Waals surface area contributed by atoms with Crippen LogP contribution in [0.3, 0.4) is 0 Å². The second kappa shape index (κ2) is 10.1. The van der Waals surface area contributed by atoms with E-state index in [9.17, 15) is 9.59 Å². The number of carbonyl (C=O) groups is 1. The minimum Gasteiger partial charge on any atom is -0.457 e. The van der Waals surface area contributed by atoms with Crippen LogP contribution in [0.15, 0.2) is 53.6 Å². The lowest BCUT2D eigenvalue weighted by atomic mass is 10.1. The number of fused-ring (bicyclic) bond motifs is 1. The van der Waals surface area contributed by atoms with Crippen molar-refractivity contribution in [2.45, 2.75) is 51.0 Å². The summed E-state index contributed by atoms with van der Waals surface area (Å²) in [5, 5.41) is 3.32. The van der Waals surface area contributed by atoms with Gasteiger partial charge in [0, 0.05) is 44.6 Å². The number of benzene rings is 1. The molecule has 1 saturated carbocycles. The lowest BCUT2D eigenvalue weighted by molar-refractivity contribution is -0.116. The van der Waals surface area contributed by atoms with Crippen LogP contribution < -0.4 is 15.6 Å². The summed E-state index contributed by atoms with van der Waals surface area (Å²) in [6.07, 6.45) is 8.15. The van der Waals surface area contributed by atoms with E-state index in [0.717, 1.165) is 43.3 Å². The van der Waals surface area contributed by atoms with Gasteiger partial charge in [-0.3, -0.25) is 14.6 Å². The number of carbonyl (C=O) groups excluding carboxylic acids is 1. The number of hydrogen-bond donors (Lipinski definition) is 1. The van der Waals surface area contributed by atoms with Gasteiger partial charge in [-0.2, -0.15) is 0 Å². The molecule has 1 saturated heterocycles. The molecule has 9 nitrogen and oxygen atoms in total. The Morgan fingerprint density at radius 3 is 2.76 bits per heavy atom. The molecule has 1 aliphatic carbocycles. The molecule has 0 radical (unpaired) electrons. The fraction of sp³-hybridized carbons (Fsp3) is 0.379. The summed E-state index contributed by atoms with van der Waals surface area (Å²) < 4.78 is 15.5. The number of rotatable bonds is 8. The fourth-order valence-electron chi connectivity index (χ4n) is 5.04. The number of aryl methyl sites for hydroxylation is 1. The number of anilines is 2. The zero-order valence-corrected chi connectivity index (χ0v) is 21.6. The van der Waals surface area contributed by atoms with Crippen LogP contribution in [0.2, 0.25) is 0 Å². The molecule has 196 valence electrons. The van der Waals surface area contributed by atoms with Crippen LogP contribution in [0.5, 0.6) is 11.5 Å². The Morgan fingerprint density at radius 1 is 1.16 bits per heavy atom. The van der Waals surface area contributed by atoms with Gasteiger partial charge in [0.2, 0.25) is 5.95 Å². The van der Waals surface area contributed by atoms with E-state index < -0.39 is 0 Å². The minimum atomic E-state index is -0.0555. The van der Waals surface area contributed by atoms with Crippen molar-refractivity contribution < 1.29 is 14.3 Å². The molecular weight excluding hydrogens is 482 g/mol. The highest BCUT2D eigenvalue weighted by molar-refractivity contribution is 5.81. The molecule has 1 aromatic carbocycles. The third-order valence-corrected chi connectivity index (χ3v) is 7.20.